The number of nitrogens with two attached hydrogens (primary N) is 2. The number of halogens is 1. The van der Waals surface area contributed by atoms with E-state index < -0.39 is 15.3 Å². The van der Waals surface area contributed by atoms with Crippen molar-refractivity contribution in [2.45, 2.75) is 51.5 Å². The quantitative estimate of drug-likeness (QED) is 0.449. The summed E-state index contributed by atoms with van der Waals surface area (Å²) in [4.78, 5) is 9.19. The molecule has 0 spiro atoms. The van der Waals surface area contributed by atoms with Crippen molar-refractivity contribution in [2.24, 2.45) is 5.14 Å². The van der Waals surface area contributed by atoms with Gasteiger partial charge in [-0.15, -0.1) is 0 Å². The van der Waals surface area contributed by atoms with Crippen molar-refractivity contribution >= 4 is 53.7 Å². The maximum atomic E-state index is 11.4. The van der Waals surface area contributed by atoms with Crippen molar-refractivity contribution in [2.75, 3.05) is 12.3 Å². The third-order valence-corrected chi connectivity index (χ3v) is 6.83. The molecule has 4 N–H and O–H groups in total. The Hall–Kier alpha value is -1.75. The van der Waals surface area contributed by atoms with Crippen LogP contribution in [0.5, 0.6) is 0 Å². The predicted molar refractivity (Wildman–Crippen MR) is 119 cm³/mol. The first-order valence-corrected chi connectivity index (χ1v) is 12.0. The first-order chi connectivity index (χ1) is 13.7. The van der Waals surface area contributed by atoms with E-state index in [-0.39, 0.29) is 0 Å². The van der Waals surface area contributed by atoms with E-state index in [2.05, 4.69) is 25.5 Å². The number of sulfonamides is 1. The molecular weight excluding hydrogens is 458 g/mol. The van der Waals surface area contributed by atoms with E-state index in [9.17, 15) is 8.42 Å². The zero-order chi connectivity index (χ0) is 21.2. The fourth-order valence-corrected chi connectivity index (χ4v) is 4.19. The Bertz CT molecular complexity index is 1130. The van der Waals surface area contributed by atoms with Crippen LogP contribution in [0.3, 0.4) is 0 Å². The molecule has 3 aromatic rings. The highest BCUT2D eigenvalue weighted by Crippen LogP contribution is 2.31. The molecule has 1 atom stereocenters. The molecule has 8 nitrogen and oxygen atoms in total. The number of ether oxygens (including phenoxy) is 1. The van der Waals surface area contributed by atoms with Gasteiger partial charge in [0.15, 0.2) is 5.82 Å². The summed E-state index contributed by atoms with van der Waals surface area (Å²) in [5, 5.41) is 5.63. The van der Waals surface area contributed by atoms with Crippen molar-refractivity contribution in [3.8, 4) is 0 Å². The van der Waals surface area contributed by atoms with Crippen LogP contribution < -0.4 is 10.9 Å². The molecule has 158 valence electrons. The number of hydrogen-bond acceptors (Lipinski definition) is 6. The predicted octanol–water partition coefficient (Wildman–Crippen LogP) is 3.31. The van der Waals surface area contributed by atoms with Gasteiger partial charge in [-0.1, -0.05) is 22.4 Å². The number of pyridine rings is 1. The number of primary sulfonamides is 1. The summed E-state index contributed by atoms with van der Waals surface area (Å²) < 4.78 is 31.5. The minimum absolute atomic E-state index is 0.371. The van der Waals surface area contributed by atoms with E-state index in [1.54, 1.807) is 6.92 Å². The molecule has 0 bridgehead atoms. The average molecular weight is 484 g/mol. The van der Waals surface area contributed by atoms with Crippen LogP contribution in [-0.4, -0.2) is 34.8 Å². The van der Waals surface area contributed by atoms with Crippen molar-refractivity contribution in [1.29, 1.82) is 0 Å². The summed E-state index contributed by atoms with van der Waals surface area (Å²) in [5.41, 5.74) is 8.58. The van der Waals surface area contributed by atoms with Gasteiger partial charge in [0.2, 0.25) is 10.0 Å². The van der Waals surface area contributed by atoms with Gasteiger partial charge >= 0.3 is 0 Å². The first kappa shape index (κ1) is 21.9. The summed E-state index contributed by atoms with van der Waals surface area (Å²) in [7, 11) is -3.50. The van der Waals surface area contributed by atoms with Crippen LogP contribution in [0.15, 0.2) is 22.7 Å². The molecule has 0 fully saturated rings. The molecular formula is C19H26BrN5O3S. The molecule has 0 saturated heterocycles. The molecule has 0 saturated carbocycles. The van der Waals surface area contributed by atoms with E-state index in [4.69, 9.17) is 20.6 Å². The number of hydrogen-bond donors (Lipinski definition) is 2. The fraction of sp³-hybridized carbons (Fsp3) is 0.474. The van der Waals surface area contributed by atoms with Crippen LogP contribution in [0.2, 0.25) is 0 Å². The smallest absolute Gasteiger partial charge is 0.211 e. The van der Waals surface area contributed by atoms with Crippen LogP contribution in [0.25, 0.3) is 21.9 Å². The Morgan fingerprint density at radius 3 is 2.72 bits per heavy atom. The monoisotopic (exact) mass is 483 g/mol. The number of nitrogen functional groups attached to an aromatic ring is 1. The number of unbranched alkanes of at least 4 members (excludes halogenated alkanes) is 1. The maximum Gasteiger partial charge on any atom is 0.211 e. The third-order valence-electron chi connectivity index (χ3n) is 4.98. The number of nitrogens with zero attached hydrogens (tertiary/aromatic N) is 3. The second kappa shape index (κ2) is 8.95. The van der Waals surface area contributed by atoms with E-state index in [0.29, 0.717) is 37.5 Å². The SMILES string of the molecule is CCOCc1nc2c(N)nc3cc(Br)ccc3c2n1CCCCC(C)S(N)(=O)=O. The summed E-state index contributed by atoms with van der Waals surface area (Å²) in [6.07, 6.45) is 2.03. The molecule has 0 aliphatic rings. The van der Waals surface area contributed by atoms with Crippen LogP contribution in [0, 0.1) is 0 Å². The zero-order valence-electron chi connectivity index (χ0n) is 16.6. The third kappa shape index (κ3) is 4.88. The van der Waals surface area contributed by atoms with Crippen molar-refractivity contribution in [1.82, 2.24) is 14.5 Å². The van der Waals surface area contributed by atoms with Gasteiger partial charge in [0.1, 0.15) is 17.9 Å². The van der Waals surface area contributed by atoms with E-state index >= 15 is 0 Å². The van der Waals surface area contributed by atoms with Crippen molar-refractivity contribution in [3.63, 3.8) is 0 Å². The number of fused-ring (bicyclic) bond motifs is 3. The summed E-state index contributed by atoms with van der Waals surface area (Å²) in [5.74, 6) is 1.16. The Morgan fingerprint density at radius 2 is 2.03 bits per heavy atom. The van der Waals surface area contributed by atoms with Gasteiger partial charge in [-0.2, -0.15) is 0 Å². The molecule has 1 unspecified atom stereocenters. The topological polar surface area (TPSA) is 126 Å². The number of aromatic nitrogens is 3. The fourth-order valence-electron chi connectivity index (χ4n) is 3.34. The van der Waals surface area contributed by atoms with Crippen molar-refractivity contribution < 1.29 is 13.2 Å². The van der Waals surface area contributed by atoms with E-state index in [0.717, 1.165) is 39.6 Å². The molecule has 0 aliphatic heterocycles. The standard InChI is InChI=1S/C19H26BrN5O3S/c1-3-28-11-16-24-17-18(14-8-7-13(20)10-15(14)23-19(17)21)25(16)9-5-4-6-12(2)29(22,26)27/h7-8,10,12H,3-6,9,11H2,1-2H3,(H2,21,23)(H2,22,26,27). The lowest BCUT2D eigenvalue weighted by molar-refractivity contribution is 0.126. The lowest BCUT2D eigenvalue weighted by Gasteiger charge is -2.12. The summed E-state index contributed by atoms with van der Waals surface area (Å²) in [6.45, 7) is 5.20. The highest BCUT2D eigenvalue weighted by atomic mass is 79.9. The number of rotatable bonds is 9. The molecule has 0 amide bonds. The Labute approximate surface area is 178 Å². The minimum atomic E-state index is -3.50. The first-order valence-electron chi connectivity index (χ1n) is 9.55. The van der Waals surface area contributed by atoms with Gasteiger partial charge in [0.25, 0.3) is 0 Å². The Kier molecular flexibility index (Phi) is 6.77. The van der Waals surface area contributed by atoms with Crippen LogP contribution >= 0.6 is 15.9 Å². The molecule has 10 heteroatoms. The van der Waals surface area contributed by atoms with Gasteiger partial charge in [0.05, 0.1) is 16.3 Å². The Morgan fingerprint density at radius 1 is 1.28 bits per heavy atom. The largest absolute Gasteiger partial charge is 0.382 e. The number of anilines is 1. The maximum absolute atomic E-state index is 11.4. The van der Waals surface area contributed by atoms with Gasteiger partial charge in [0, 0.05) is 23.0 Å². The molecule has 0 radical (unpaired) electrons. The zero-order valence-corrected chi connectivity index (χ0v) is 19.0. The van der Waals surface area contributed by atoms with Gasteiger partial charge in [-0.25, -0.2) is 23.5 Å². The number of imidazole rings is 1. The molecule has 1 aromatic carbocycles. The lowest BCUT2D eigenvalue weighted by atomic mass is 10.1. The van der Waals surface area contributed by atoms with Gasteiger partial charge in [-0.3, -0.25) is 0 Å². The van der Waals surface area contributed by atoms with Crippen LogP contribution in [-0.2, 0) is 27.9 Å². The number of benzene rings is 1. The second-order valence-corrected chi connectivity index (χ2v) is 9.97. The minimum Gasteiger partial charge on any atom is -0.382 e. The normalized spacial score (nSPS) is 13.4. The average Bonchev–Trinajstić information content (AvgIpc) is 3.01. The highest BCUT2D eigenvalue weighted by Gasteiger charge is 2.18. The van der Waals surface area contributed by atoms with E-state index in [1.807, 2.05) is 25.1 Å². The van der Waals surface area contributed by atoms with Crippen LogP contribution in [0.1, 0.15) is 38.9 Å². The molecule has 2 heterocycles. The molecule has 3 rings (SSSR count). The van der Waals surface area contributed by atoms with Crippen molar-refractivity contribution in [3.05, 3.63) is 28.5 Å². The molecule has 0 aliphatic carbocycles. The van der Waals surface area contributed by atoms with Crippen LogP contribution in [0.4, 0.5) is 5.82 Å². The number of aryl methyl sites for hydroxylation is 1. The van der Waals surface area contributed by atoms with Gasteiger partial charge in [-0.05, 0) is 44.9 Å². The molecule has 2 aromatic heterocycles. The molecule has 29 heavy (non-hydrogen) atoms. The summed E-state index contributed by atoms with van der Waals surface area (Å²) >= 11 is 3.48. The summed E-state index contributed by atoms with van der Waals surface area (Å²) in [6, 6.07) is 5.89. The van der Waals surface area contributed by atoms with E-state index in [1.165, 1.54) is 0 Å². The Balaban J connectivity index is 1.97. The lowest BCUT2D eigenvalue weighted by Crippen LogP contribution is -2.25. The van der Waals surface area contributed by atoms with Gasteiger partial charge < -0.3 is 15.0 Å². The second-order valence-electron chi connectivity index (χ2n) is 7.07. The highest BCUT2D eigenvalue weighted by molar-refractivity contribution is 9.10.